The van der Waals surface area contributed by atoms with Crippen molar-refractivity contribution >= 4 is 17.7 Å². The van der Waals surface area contributed by atoms with Crippen LogP contribution in [0.2, 0.25) is 0 Å². The molecule has 0 aliphatic rings. The Labute approximate surface area is 96.0 Å². The van der Waals surface area contributed by atoms with Crippen LogP contribution < -0.4 is 5.32 Å². The monoisotopic (exact) mass is 225 g/mol. The van der Waals surface area contributed by atoms with Gasteiger partial charge in [0.15, 0.2) is 0 Å². The Balaban J connectivity index is 2.42. The second-order valence-electron chi connectivity index (χ2n) is 3.63. The van der Waals surface area contributed by atoms with Crippen LogP contribution in [0.1, 0.15) is 6.92 Å². The van der Waals surface area contributed by atoms with E-state index >= 15 is 0 Å². The van der Waals surface area contributed by atoms with E-state index in [2.05, 4.69) is 34.6 Å². The Hall–Kier alpha value is -0.900. The van der Waals surface area contributed by atoms with Gasteiger partial charge >= 0.3 is 0 Å². The van der Waals surface area contributed by atoms with Crippen LogP contribution in [0.25, 0.3) is 0 Å². The normalized spacial score (nSPS) is 12.4. The number of allylic oxidation sites excluding steroid dienone is 1. The molecule has 1 N–H and O–H groups in total. The molecule has 15 heavy (non-hydrogen) atoms. The summed E-state index contributed by atoms with van der Waals surface area (Å²) in [4.78, 5) is 4.26. The summed E-state index contributed by atoms with van der Waals surface area (Å²) in [5, 5.41) is 3.35. The Morgan fingerprint density at radius 1 is 1.73 bits per heavy atom. The van der Waals surface area contributed by atoms with Crippen molar-refractivity contribution in [2.75, 3.05) is 23.9 Å². The quantitative estimate of drug-likeness (QED) is 0.723. The van der Waals surface area contributed by atoms with Crippen LogP contribution >= 0.6 is 11.8 Å². The largest absolute Gasteiger partial charge is 0.355 e. The first-order chi connectivity index (χ1) is 7.27. The van der Waals surface area contributed by atoms with Gasteiger partial charge in [0, 0.05) is 25.5 Å². The van der Waals surface area contributed by atoms with Crippen LogP contribution in [-0.4, -0.2) is 28.1 Å². The molecule has 0 radical (unpaired) electrons. The third kappa shape index (κ3) is 4.00. The molecule has 1 atom stereocenters. The lowest BCUT2D eigenvalue weighted by Crippen LogP contribution is -2.16. The zero-order chi connectivity index (χ0) is 11.1. The SMILES string of the molecule is C=CCn1ccnc1NCC(C)CSC. The summed E-state index contributed by atoms with van der Waals surface area (Å²) in [6.45, 7) is 7.73. The van der Waals surface area contributed by atoms with Gasteiger partial charge in [0.1, 0.15) is 0 Å². The van der Waals surface area contributed by atoms with Crippen molar-refractivity contribution < 1.29 is 0 Å². The molecule has 0 aliphatic carbocycles. The van der Waals surface area contributed by atoms with Crippen molar-refractivity contribution in [2.24, 2.45) is 5.92 Å². The highest BCUT2D eigenvalue weighted by molar-refractivity contribution is 7.98. The van der Waals surface area contributed by atoms with Crippen LogP contribution in [0.5, 0.6) is 0 Å². The van der Waals surface area contributed by atoms with Gasteiger partial charge in [-0.25, -0.2) is 4.98 Å². The number of anilines is 1. The molecule has 84 valence electrons. The summed E-state index contributed by atoms with van der Waals surface area (Å²) < 4.78 is 2.05. The van der Waals surface area contributed by atoms with Crippen molar-refractivity contribution in [1.29, 1.82) is 0 Å². The van der Waals surface area contributed by atoms with E-state index < -0.39 is 0 Å². The molecule has 0 saturated heterocycles. The zero-order valence-corrected chi connectivity index (χ0v) is 10.3. The maximum Gasteiger partial charge on any atom is 0.203 e. The summed E-state index contributed by atoms with van der Waals surface area (Å²) in [6.07, 6.45) is 7.78. The van der Waals surface area contributed by atoms with E-state index in [0.717, 1.165) is 19.0 Å². The van der Waals surface area contributed by atoms with Gasteiger partial charge in [0.05, 0.1) is 0 Å². The number of thioether (sulfide) groups is 1. The van der Waals surface area contributed by atoms with E-state index in [9.17, 15) is 0 Å². The van der Waals surface area contributed by atoms with Gasteiger partial charge < -0.3 is 9.88 Å². The Bertz CT molecular complexity index is 296. The highest BCUT2D eigenvalue weighted by atomic mass is 32.2. The van der Waals surface area contributed by atoms with Crippen LogP contribution in [0.15, 0.2) is 25.0 Å². The number of imidazole rings is 1. The molecule has 3 nitrogen and oxygen atoms in total. The lowest BCUT2D eigenvalue weighted by atomic mass is 10.2. The van der Waals surface area contributed by atoms with Gasteiger partial charge in [-0.1, -0.05) is 13.0 Å². The predicted molar refractivity (Wildman–Crippen MR) is 68.5 cm³/mol. The minimum atomic E-state index is 0.661. The van der Waals surface area contributed by atoms with Crippen molar-refractivity contribution in [3.8, 4) is 0 Å². The molecule has 0 spiro atoms. The van der Waals surface area contributed by atoms with Crippen molar-refractivity contribution in [3.05, 3.63) is 25.0 Å². The topological polar surface area (TPSA) is 29.9 Å². The fraction of sp³-hybridized carbons (Fsp3) is 0.545. The molecule has 0 aliphatic heterocycles. The van der Waals surface area contributed by atoms with Gasteiger partial charge in [-0.05, 0) is 17.9 Å². The molecule has 1 heterocycles. The maximum absolute atomic E-state index is 4.26. The van der Waals surface area contributed by atoms with E-state index in [4.69, 9.17) is 0 Å². The van der Waals surface area contributed by atoms with Crippen LogP contribution in [0.4, 0.5) is 5.95 Å². The molecule has 1 unspecified atom stereocenters. The van der Waals surface area contributed by atoms with Crippen LogP contribution in [0.3, 0.4) is 0 Å². The minimum Gasteiger partial charge on any atom is -0.355 e. The van der Waals surface area contributed by atoms with Gasteiger partial charge in [-0.3, -0.25) is 0 Å². The van der Waals surface area contributed by atoms with Gasteiger partial charge in [0.25, 0.3) is 0 Å². The van der Waals surface area contributed by atoms with Crippen molar-refractivity contribution in [1.82, 2.24) is 9.55 Å². The third-order valence-electron chi connectivity index (χ3n) is 2.10. The second kappa shape index (κ2) is 6.56. The summed E-state index contributed by atoms with van der Waals surface area (Å²) in [5.41, 5.74) is 0. The molecular weight excluding hydrogens is 206 g/mol. The molecule has 1 aromatic rings. The molecule has 1 aromatic heterocycles. The average Bonchev–Trinajstić information content (AvgIpc) is 2.64. The second-order valence-corrected chi connectivity index (χ2v) is 4.54. The van der Waals surface area contributed by atoms with Crippen LogP contribution in [0, 0.1) is 5.92 Å². The fourth-order valence-corrected chi connectivity index (χ4v) is 2.06. The molecule has 0 saturated carbocycles. The number of hydrogen-bond donors (Lipinski definition) is 1. The fourth-order valence-electron chi connectivity index (χ4n) is 1.37. The molecule has 1 rings (SSSR count). The highest BCUT2D eigenvalue weighted by Crippen LogP contribution is 2.08. The summed E-state index contributed by atoms with van der Waals surface area (Å²) >= 11 is 1.88. The van der Waals surface area contributed by atoms with Crippen LogP contribution in [-0.2, 0) is 6.54 Å². The van der Waals surface area contributed by atoms with Gasteiger partial charge in [-0.2, -0.15) is 11.8 Å². The molecule has 0 amide bonds. The van der Waals surface area contributed by atoms with E-state index in [1.54, 1.807) is 0 Å². The standard InChI is InChI=1S/C11H19N3S/c1-4-6-14-7-5-12-11(14)13-8-10(2)9-15-3/h4-5,7,10H,1,6,8-9H2,2-3H3,(H,12,13). The third-order valence-corrected chi connectivity index (χ3v) is 3.00. The minimum absolute atomic E-state index is 0.661. The first kappa shape index (κ1) is 12.2. The maximum atomic E-state index is 4.26. The van der Waals surface area contributed by atoms with E-state index in [0.29, 0.717) is 5.92 Å². The molecule has 0 fully saturated rings. The smallest absolute Gasteiger partial charge is 0.203 e. The van der Waals surface area contributed by atoms with E-state index in [-0.39, 0.29) is 0 Å². The van der Waals surface area contributed by atoms with Crippen molar-refractivity contribution in [2.45, 2.75) is 13.5 Å². The van der Waals surface area contributed by atoms with Crippen molar-refractivity contribution in [3.63, 3.8) is 0 Å². The number of hydrogen-bond acceptors (Lipinski definition) is 3. The first-order valence-corrected chi connectivity index (χ1v) is 6.52. The Morgan fingerprint density at radius 3 is 3.20 bits per heavy atom. The number of rotatable bonds is 7. The molecular formula is C11H19N3S. The summed E-state index contributed by atoms with van der Waals surface area (Å²) in [7, 11) is 0. The van der Waals surface area contributed by atoms with E-state index in [1.165, 1.54) is 5.75 Å². The summed E-state index contributed by atoms with van der Waals surface area (Å²) in [5.74, 6) is 2.77. The molecule has 0 aromatic carbocycles. The number of nitrogens with zero attached hydrogens (tertiary/aromatic N) is 2. The van der Waals surface area contributed by atoms with Gasteiger partial charge in [-0.15, -0.1) is 6.58 Å². The lowest BCUT2D eigenvalue weighted by molar-refractivity contribution is 0.689. The predicted octanol–water partition coefficient (Wildman–Crippen LogP) is 2.48. The van der Waals surface area contributed by atoms with Gasteiger partial charge in [0.2, 0.25) is 5.95 Å². The first-order valence-electron chi connectivity index (χ1n) is 5.12. The number of aromatic nitrogens is 2. The molecule has 4 heteroatoms. The highest BCUT2D eigenvalue weighted by Gasteiger charge is 2.04. The average molecular weight is 225 g/mol. The summed E-state index contributed by atoms with van der Waals surface area (Å²) in [6, 6.07) is 0. The number of nitrogens with one attached hydrogen (secondary N) is 1. The Morgan fingerprint density at radius 2 is 2.53 bits per heavy atom. The zero-order valence-electron chi connectivity index (χ0n) is 9.44. The Kier molecular flexibility index (Phi) is 5.32. The molecule has 0 bridgehead atoms. The lowest BCUT2D eigenvalue weighted by Gasteiger charge is -2.12. The van der Waals surface area contributed by atoms with E-state index in [1.807, 2.05) is 30.2 Å².